The summed E-state index contributed by atoms with van der Waals surface area (Å²) >= 11 is 0. The summed E-state index contributed by atoms with van der Waals surface area (Å²) < 4.78 is 1.42. The second-order valence-corrected chi connectivity index (χ2v) is 3.58. The summed E-state index contributed by atoms with van der Waals surface area (Å²) in [6.45, 7) is -0.256. The normalized spacial score (nSPS) is 10.4. The summed E-state index contributed by atoms with van der Waals surface area (Å²) in [5.41, 5.74) is 1.23. The average Bonchev–Trinajstić information content (AvgIpc) is 2.46. The first-order valence-electron chi connectivity index (χ1n) is 4.96. The molecule has 0 aromatic heterocycles. The summed E-state index contributed by atoms with van der Waals surface area (Å²) in [6.07, 6.45) is 1.35. The van der Waals surface area contributed by atoms with Crippen molar-refractivity contribution in [3.8, 4) is 11.3 Å². The quantitative estimate of drug-likeness (QED) is 0.769. The monoisotopic (exact) mass is 232 g/mol. The van der Waals surface area contributed by atoms with Crippen molar-refractivity contribution in [1.82, 2.24) is 0 Å². The Balaban J connectivity index is 2.64. The van der Waals surface area contributed by atoms with Gasteiger partial charge in [-0.2, -0.15) is 4.57 Å². The van der Waals surface area contributed by atoms with Crippen LogP contribution < -0.4 is 4.57 Å². The molecular weight excluding hydrogens is 222 g/mol. The Bertz CT molecular complexity index is 565. The fourth-order valence-electron chi connectivity index (χ4n) is 1.76. The lowest BCUT2D eigenvalue weighted by molar-refractivity contribution is -0.671. The van der Waals surface area contributed by atoms with Crippen LogP contribution in [0.1, 0.15) is 10.4 Å². The van der Waals surface area contributed by atoms with Crippen LogP contribution in [0.25, 0.3) is 11.3 Å². The molecule has 5 heteroatoms. The molecule has 17 heavy (non-hydrogen) atoms. The number of aliphatic carboxylic acids is 1. The SMILES string of the molecule is O=C(O)C[n+]1cc(C(=O)O)c2cccccc1-2. The van der Waals surface area contributed by atoms with Crippen LogP contribution in [0.15, 0.2) is 36.5 Å². The number of nitrogens with zero attached hydrogens (tertiary/aromatic N) is 1. The number of rotatable bonds is 3. The standard InChI is InChI=1S/C12H9NO4/c14-11(15)7-13-6-9(12(16)17)8-4-2-1-3-5-10(8)13/h1-6H,7H2,(H-,14,15,16,17)/p+1. The number of carboxylic acid groups (broad SMARTS) is 2. The number of carbonyl (C=O) groups is 2. The van der Waals surface area contributed by atoms with Gasteiger partial charge in [-0.05, 0) is 6.07 Å². The lowest BCUT2D eigenvalue weighted by Crippen LogP contribution is -2.37. The van der Waals surface area contributed by atoms with Gasteiger partial charge in [0, 0.05) is 6.07 Å². The molecule has 0 spiro atoms. The Hall–Kier alpha value is -2.43. The van der Waals surface area contributed by atoms with Gasteiger partial charge in [0.15, 0.2) is 6.20 Å². The Kier molecular flexibility index (Phi) is 2.74. The summed E-state index contributed by atoms with van der Waals surface area (Å²) in [6, 6.07) is 8.59. The van der Waals surface area contributed by atoms with E-state index in [-0.39, 0.29) is 12.1 Å². The van der Waals surface area contributed by atoms with Crippen molar-refractivity contribution in [3.63, 3.8) is 0 Å². The van der Waals surface area contributed by atoms with E-state index in [2.05, 4.69) is 0 Å². The molecule has 1 aliphatic carbocycles. The highest BCUT2D eigenvalue weighted by molar-refractivity contribution is 5.95. The molecule has 0 bridgehead atoms. The van der Waals surface area contributed by atoms with Crippen LogP contribution in [0.5, 0.6) is 0 Å². The summed E-state index contributed by atoms with van der Waals surface area (Å²) in [7, 11) is 0. The molecule has 0 amide bonds. The molecule has 0 aromatic rings. The molecular formula is C12H10NO4+. The van der Waals surface area contributed by atoms with Gasteiger partial charge in [-0.15, -0.1) is 0 Å². The van der Waals surface area contributed by atoms with E-state index in [1.165, 1.54) is 10.8 Å². The number of hydrogen-bond donors (Lipinski definition) is 2. The Morgan fingerprint density at radius 1 is 1.12 bits per heavy atom. The van der Waals surface area contributed by atoms with Gasteiger partial charge in [-0.3, -0.25) is 0 Å². The predicted octanol–water partition coefficient (Wildman–Crippen LogP) is 0.862. The van der Waals surface area contributed by atoms with E-state index < -0.39 is 11.9 Å². The second-order valence-electron chi connectivity index (χ2n) is 3.58. The number of hydrogen-bond acceptors (Lipinski definition) is 2. The van der Waals surface area contributed by atoms with Crippen molar-refractivity contribution in [2.45, 2.75) is 6.54 Å². The van der Waals surface area contributed by atoms with Gasteiger partial charge in [0.2, 0.25) is 12.2 Å². The minimum atomic E-state index is -1.06. The maximum atomic E-state index is 11.1. The minimum absolute atomic E-state index is 0.109. The first-order chi connectivity index (χ1) is 8.09. The molecule has 0 radical (unpaired) electrons. The summed E-state index contributed by atoms with van der Waals surface area (Å²) in [5, 5.41) is 17.8. The van der Waals surface area contributed by atoms with E-state index in [1.807, 2.05) is 0 Å². The van der Waals surface area contributed by atoms with Crippen molar-refractivity contribution in [2.24, 2.45) is 0 Å². The third-order valence-corrected chi connectivity index (χ3v) is 2.44. The Labute approximate surface area is 96.9 Å². The van der Waals surface area contributed by atoms with Gasteiger partial charge in [0.1, 0.15) is 5.56 Å². The molecule has 0 unspecified atom stereocenters. The molecule has 2 aliphatic rings. The van der Waals surface area contributed by atoms with Crippen LogP contribution in [0.2, 0.25) is 0 Å². The third kappa shape index (κ3) is 2.08. The molecule has 0 fully saturated rings. The number of aromatic carboxylic acids is 1. The highest BCUT2D eigenvalue weighted by Gasteiger charge is 2.27. The first-order valence-corrected chi connectivity index (χ1v) is 4.96. The molecule has 0 saturated carbocycles. The van der Waals surface area contributed by atoms with Crippen LogP contribution in [-0.2, 0) is 11.3 Å². The maximum absolute atomic E-state index is 11.1. The third-order valence-electron chi connectivity index (χ3n) is 2.44. The van der Waals surface area contributed by atoms with Gasteiger partial charge in [-0.1, -0.05) is 18.2 Å². The molecule has 0 saturated heterocycles. The van der Waals surface area contributed by atoms with Gasteiger partial charge in [-0.25, -0.2) is 9.59 Å². The van der Waals surface area contributed by atoms with Crippen LogP contribution in [0, 0.1) is 0 Å². The van der Waals surface area contributed by atoms with Crippen LogP contribution >= 0.6 is 0 Å². The highest BCUT2D eigenvalue weighted by Crippen LogP contribution is 2.22. The highest BCUT2D eigenvalue weighted by atomic mass is 16.4. The second kappa shape index (κ2) is 4.21. The predicted molar refractivity (Wildman–Crippen MR) is 57.9 cm³/mol. The number of aromatic nitrogens is 1. The number of fused-ring (bicyclic) bond motifs is 1. The molecule has 2 N–H and O–H groups in total. The zero-order valence-corrected chi connectivity index (χ0v) is 8.83. The lowest BCUT2D eigenvalue weighted by Gasteiger charge is -1.91. The van der Waals surface area contributed by atoms with Crippen molar-refractivity contribution in [1.29, 1.82) is 0 Å². The zero-order valence-electron chi connectivity index (χ0n) is 8.83. The summed E-state index contributed by atoms with van der Waals surface area (Å²) in [4.78, 5) is 21.8. The zero-order chi connectivity index (χ0) is 12.4. The van der Waals surface area contributed by atoms with Crippen LogP contribution in [0.3, 0.4) is 0 Å². The van der Waals surface area contributed by atoms with Crippen LogP contribution in [0.4, 0.5) is 0 Å². The maximum Gasteiger partial charge on any atom is 0.370 e. The molecule has 0 atom stereocenters. The number of carboxylic acids is 2. The van der Waals surface area contributed by atoms with E-state index in [0.29, 0.717) is 11.3 Å². The van der Waals surface area contributed by atoms with E-state index in [1.54, 1.807) is 30.3 Å². The fraction of sp³-hybridized carbons (Fsp3) is 0.0833. The van der Waals surface area contributed by atoms with Crippen molar-refractivity contribution in [3.05, 3.63) is 42.1 Å². The van der Waals surface area contributed by atoms with E-state index in [9.17, 15) is 9.59 Å². The largest absolute Gasteiger partial charge is 0.477 e. The smallest absolute Gasteiger partial charge is 0.370 e. The molecule has 1 aliphatic heterocycles. The molecule has 86 valence electrons. The van der Waals surface area contributed by atoms with Crippen LogP contribution in [-0.4, -0.2) is 22.2 Å². The molecule has 1 heterocycles. The van der Waals surface area contributed by atoms with E-state index >= 15 is 0 Å². The first kappa shape index (κ1) is 11.1. The van der Waals surface area contributed by atoms with Crippen molar-refractivity contribution < 1.29 is 24.4 Å². The molecule has 0 aromatic carbocycles. The fourth-order valence-corrected chi connectivity index (χ4v) is 1.76. The van der Waals surface area contributed by atoms with Gasteiger partial charge in [0.05, 0.1) is 5.56 Å². The van der Waals surface area contributed by atoms with E-state index in [4.69, 9.17) is 10.2 Å². The Morgan fingerprint density at radius 2 is 1.82 bits per heavy atom. The topological polar surface area (TPSA) is 78.5 Å². The van der Waals surface area contributed by atoms with Gasteiger partial charge < -0.3 is 10.2 Å². The van der Waals surface area contributed by atoms with Gasteiger partial charge in [0.25, 0.3) is 0 Å². The van der Waals surface area contributed by atoms with Gasteiger partial charge >= 0.3 is 11.9 Å². The molecule has 5 nitrogen and oxygen atoms in total. The minimum Gasteiger partial charge on any atom is -0.477 e. The molecule has 2 rings (SSSR count). The summed E-state index contributed by atoms with van der Waals surface area (Å²) in [5.74, 6) is -2.07. The average molecular weight is 232 g/mol. The van der Waals surface area contributed by atoms with Crippen molar-refractivity contribution >= 4 is 11.9 Å². The lowest BCUT2D eigenvalue weighted by atomic mass is 10.1. The van der Waals surface area contributed by atoms with E-state index in [0.717, 1.165) is 0 Å². The Morgan fingerprint density at radius 3 is 2.47 bits per heavy atom. The van der Waals surface area contributed by atoms with Crippen molar-refractivity contribution in [2.75, 3.05) is 0 Å².